The number of hydrogen-bond donors (Lipinski definition) is 1. The average Bonchev–Trinajstić information content (AvgIpc) is 3.37. The second kappa shape index (κ2) is 11.7. The number of nitrogens with one attached hydrogen (secondary N) is 1. The van der Waals surface area contributed by atoms with E-state index in [0.29, 0.717) is 52.9 Å². The molecular weight excluding hydrogens is 464 g/mol. The lowest BCUT2D eigenvalue weighted by Crippen LogP contribution is -2.17. The minimum Gasteiger partial charge on any atom is -0.494 e. The number of carbonyl (C=O) groups is 2. The highest BCUT2D eigenvalue weighted by Crippen LogP contribution is 2.32. The van der Waals surface area contributed by atoms with Crippen molar-refractivity contribution in [2.75, 3.05) is 20.0 Å². The van der Waals surface area contributed by atoms with E-state index >= 15 is 0 Å². The molecule has 4 rings (SSSR count). The maximum absolute atomic E-state index is 12.6. The van der Waals surface area contributed by atoms with E-state index in [9.17, 15) is 9.59 Å². The van der Waals surface area contributed by atoms with Crippen molar-refractivity contribution in [2.24, 2.45) is 5.10 Å². The van der Waals surface area contributed by atoms with Gasteiger partial charge in [0.1, 0.15) is 5.75 Å². The van der Waals surface area contributed by atoms with Gasteiger partial charge in [0.2, 0.25) is 6.79 Å². The molecule has 1 amide bonds. The Morgan fingerprint density at radius 2 is 1.69 bits per heavy atom. The zero-order valence-corrected chi connectivity index (χ0v) is 20.0. The maximum atomic E-state index is 12.6. The first-order chi connectivity index (χ1) is 17.6. The third kappa shape index (κ3) is 6.12. The Kier molecular flexibility index (Phi) is 8.02. The fraction of sp³-hybridized carbons (Fsp3) is 0.222. The van der Waals surface area contributed by atoms with Crippen LogP contribution in [0.25, 0.3) is 0 Å². The van der Waals surface area contributed by atoms with E-state index in [-0.39, 0.29) is 12.5 Å². The largest absolute Gasteiger partial charge is 0.494 e. The Hall–Kier alpha value is -4.53. The fourth-order valence-electron chi connectivity index (χ4n) is 3.29. The van der Waals surface area contributed by atoms with Gasteiger partial charge in [-0.2, -0.15) is 5.10 Å². The highest BCUT2D eigenvalue weighted by Gasteiger charge is 2.16. The molecule has 0 saturated heterocycles. The Bertz CT molecular complexity index is 1260. The highest BCUT2D eigenvalue weighted by atomic mass is 16.7. The summed E-state index contributed by atoms with van der Waals surface area (Å²) in [6.45, 7) is 4.96. The molecule has 3 aromatic carbocycles. The van der Waals surface area contributed by atoms with Gasteiger partial charge in [-0.3, -0.25) is 4.79 Å². The Labute approximate surface area is 208 Å². The number of hydrogen-bond acceptors (Lipinski definition) is 8. The molecule has 9 heteroatoms. The number of rotatable bonds is 10. The monoisotopic (exact) mass is 490 g/mol. The molecular formula is C27H26N2O7. The van der Waals surface area contributed by atoms with Crippen LogP contribution < -0.4 is 29.1 Å². The summed E-state index contributed by atoms with van der Waals surface area (Å²) in [5, 5.41) is 4.01. The lowest BCUT2D eigenvalue weighted by atomic mass is 10.2. The zero-order valence-electron chi connectivity index (χ0n) is 20.0. The van der Waals surface area contributed by atoms with Crippen molar-refractivity contribution in [3.8, 4) is 28.7 Å². The smallest absolute Gasteiger partial charge is 0.343 e. The second-order valence-corrected chi connectivity index (χ2v) is 7.67. The van der Waals surface area contributed by atoms with E-state index in [2.05, 4.69) is 10.5 Å². The van der Waals surface area contributed by atoms with Crippen LogP contribution in [0.4, 0.5) is 0 Å². The topological polar surface area (TPSA) is 105 Å². The fourth-order valence-corrected chi connectivity index (χ4v) is 3.29. The van der Waals surface area contributed by atoms with Crippen LogP contribution in [0.3, 0.4) is 0 Å². The predicted octanol–water partition coefficient (Wildman–Crippen LogP) is 4.59. The van der Waals surface area contributed by atoms with Crippen LogP contribution in [-0.2, 0) is 0 Å². The molecule has 1 N–H and O–H groups in total. The minimum atomic E-state index is -0.518. The van der Waals surface area contributed by atoms with Gasteiger partial charge in [0.05, 0.1) is 25.0 Å². The number of fused-ring (bicyclic) bond motifs is 1. The number of carbonyl (C=O) groups excluding carboxylic acids is 2. The molecule has 0 spiro atoms. The van der Waals surface area contributed by atoms with Crippen LogP contribution in [-0.4, -0.2) is 38.1 Å². The van der Waals surface area contributed by atoms with Crippen LogP contribution in [0.1, 0.15) is 46.5 Å². The van der Waals surface area contributed by atoms with Crippen LogP contribution >= 0.6 is 0 Å². The lowest BCUT2D eigenvalue weighted by molar-refractivity contribution is 0.0728. The SMILES string of the molecule is CCCOc1ccc(C(=O)Oc2ccc(/C=N\NC(=O)c3ccc4c(c3)OCO4)cc2OCC)cc1. The molecule has 0 radical (unpaired) electrons. The molecule has 1 aliphatic heterocycles. The van der Waals surface area contributed by atoms with Gasteiger partial charge in [-0.25, -0.2) is 10.2 Å². The van der Waals surface area contributed by atoms with Gasteiger partial charge in [0.15, 0.2) is 23.0 Å². The first-order valence-electron chi connectivity index (χ1n) is 11.5. The molecule has 0 unspecified atom stereocenters. The molecule has 3 aromatic rings. The van der Waals surface area contributed by atoms with Crippen molar-refractivity contribution < 1.29 is 33.3 Å². The molecule has 9 nitrogen and oxygen atoms in total. The van der Waals surface area contributed by atoms with E-state index in [0.717, 1.165) is 6.42 Å². The zero-order chi connectivity index (χ0) is 25.3. The summed E-state index contributed by atoms with van der Waals surface area (Å²) in [7, 11) is 0. The third-order valence-corrected chi connectivity index (χ3v) is 5.05. The van der Waals surface area contributed by atoms with Crippen LogP contribution in [0.15, 0.2) is 65.8 Å². The van der Waals surface area contributed by atoms with E-state index < -0.39 is 11.9 Å². The summed E-state index contributed by atoms with van der Waals surface area (Å²) < 4.78 is 27.3. The molecule has 0 atom stereocenters. The van der Waals surface area contributed by atoms with Gasteiger partial charge in [0, 0.05) is 5.56 Å². The minimum absolute atomic E-state index is 0.131. The van der Waals surface area contributed by atoms with E-state index in [4.69, 9.17) is 23.7 Å². The molecule has 1 aliphatic rings. The summed E-state index contributed by atoms with van der Waals surface area (Å²) in [6, 6.07) is 16.6. The van der Waals surface area contributed by atoms with Crippen molar-refractivity contribution in [2.45, 2.75) is 20.3 Å². The maximum Gasteiger partial charge on any atom is 0.343 e. The summed E-state index contributed by atoms with van der Waals surface area (Å²) in [6.07, 6.45) is 2.37. The van der Waals surface area contributed by atoms with Crippen LogP contribution in [0.5, 0.6) is 28.7 Å². The van der Waals surface area contributed by atoms with E-state index in [1.54, 1.807) is 60.7 Å². The summed E-state index contributed by atoms with van der Waals surface area (Å²) in [4.78, 5) is 25.0. The molecule has 186 valence electrons. The molecule has 0 saturated carbocycles. The number of esters is 1. The van der Waals surface area contributed by atoms with Gasteiger partial charge >= 0.3 is 5.97 Å². The first-order valence-corrected chi connectivity index (χ1v) is 11.5. The number of nitrogens with zero attached hydrogens (tertiary/aromatic N) is 1. The van der Waals surface area contributed by atoms with Crippen molar-refractivity contribution >= 4 is 18.1 Å². The number of benzene rings is 3. The Morgan fingerprint density at radius 1 is 0.917 bits per heavy atom. The average molecular weight is 491 g/mol. The first kappa shape index (κ1) is 24.6. The van der Waals surface area contributed by atoms with Crippen LogP contribution in [0.2, 0.25) is 0 Å². The third-order valence-electron chi connectivity index (χ3n) is 5.05. The predicted molar refractivity (Wildman–Crippen MR) is 132 cm³/mol. The van der Waals surface area contributed by atoms with Gasteiger partial charge in [0.25, 0.3) is 5.91 Å². The van der Waals surface area contributed by atoms with Gasteiger partial charge < -0.3 is 23.7 Å². The summed E-state index contributed by atoms with van der Waals surface area (Å²) in [5.74, 6) is 1.53. The number of hydrazone groups is 1. The highest BCUT2D eigenvalue weighted by molar-refractivity contribution is 5.95. The van der Waals surface area contributed by atoms with Gasteiger partial charge in [-0.05, 0) is 79.6 Å². The van der Waals surface area contributed by atoms with Crippen molar-refractivity contribution in [1.82, 2.24) is 5.43 Å². The van der Waals surface area contributed by atoms with E-state index in [1.165, 1.54) is 6.21 Å². The van der Waals surface area contributed by atoms with Crippen molar-refractivity contribution in [3.63, 3.8) is 0 Å². The molecule has 36 heavy (non-hydrogen) atoms. The Morgan fingerprint density at radius 3 is 2.47 bits per heavy atom. The molecule has 0 aromatic heterocycles. The van der Waals surface area contributed by atoms with Crippen molar-refractivity contribution in [1.29, 1.82) is 0 Å². The summed E-state index contributed by atoms with van der Waals surface area (Å²) in [5.41, 5.74) is 3.89. The normalized spacial score (nSPS) is 11.8. The summed E-state index contributed by atoms with van der Waals surface area (Å²) >= 11 is 0. The van der Waals surface area contributed by atoms with Gasteiger partial charge in [-0.1, -0.05) is 6.92 Å². The lowest BCUT2D eigenvalue weighted by Gasteiger charge is -2.12. The van der Waals surface area contributed by atoms with Gasteiger partial charge in [-0.15, -0.1) is 0 Å². The van der Waals surface area contributed by atoms with Crippen LogP contribution in [0, 0.1) is 0 Å². The molecule has 0 fully saturated rings. The quantitative estimate of drug-likeness (QED) is 0.192. The standard InChI is InChI=1S/C27H26N2O7/c1-3-13-33-21-9-6-19(7-10-21)27(31)36-23-11-5-18(14-24(23)32-4-2)16-28-29-26(30)20-8-12-22-25(15-20)35-17-34-22/h5-12,14-16H,3-4,13,17H2,1-2H3,(H,29,30)/b28-16-. The Balaban J connectivity index is 1.39. The molecule has 1 heterocycles. The number of ether oxygens (including phenoxy) is 5. The van der Waals surface area contributed by atoms with E-state index in [1.807, 2.05) is 13.8 Å². The van der Waals surface area contributed by atoms with Crippen molar-refractivity contribution in [3.05, 3.63) is 77.4 Å². The number of amides is 1. The molecule has 0 bridgehead atoms. The molecule has 0 aliphatic carbocycles. The second-order valence-electron chi connectivity index (χ2n) is 7.67.